The van der Waals surface area contributed by atoms with Gasteiger partial charge < -0.3 is 4.90 Å². The zero-order valence-corrected chi connectivity index (χ0v) is 13.6. The van der Waals surface area contributed by atoms with Crippen molar-refractivity contribution in [3.63, 3.8) is 0 Å². The molecule has 0 atom stereocenters. The third-order valence-corrected chi connectivity index (χ3v) is 3.15. The molecule has 0 spiro atoms. The fourth-order valence-corrected chi connectivity index (χ4v) is 1.91. The van der Waals surface area contributed by atoms with Gasteiger partial charge in [0, 0.05) is 32.4 Å². The Kier molecular flexibility index (Phi) is 6.40. The Hall–Kier alpha value is -3.01. The predicted octanol–water partition coefficient (Wildman–Crippen LogP) is 4.68. The minimum absolute atomic E-state index is 0.00758. The number of allylic oxidation sites excluding steroid dienone is 2. The van der Waals surface area contributed by atoms with E-state index in [0.717, 1.165) is 6.21 Å². The maximum absolute atomic E-state index is 12.8. The van der Waals surface area contributed by atoms with Crippen molar-refractivity contribution in [1.29, 1.82) is 10.5 Å². The van der Waals surface area contributed by atoms with Gasteiger partial charge in [-0.15, -0.1) is 0 Å². The van der Waals surface area contributed by atoms with E-state index in [1.54, 1.807) is 12.1 Å². The minimum Gasteiger partial charge on any atom is -0.379 e. The summed E-state index contributed by atoms with van der Waals surface area (Å²) < 4.78 is 76.7. The zero-order chi connectivity index (χ0) is 20.1. The number of halogens is 6. The molecule has 0 radical (unpaired) electrons. The number of nitrogens with zero attached hydrogens (tertiary/aromatic N) is 4. The highest BCUT2D eigenvalue weighted by Gasteiger charge is 2.36. The number of aliphatic imine (C=N–C) groups is 1. The molecular formula is C16H12F6N4. The summed E-state index contributed by atoms with van der Waals surface area (Å²) in [4.78, 5) is 5.05. The van der Waals surface area contributed by atoms with Crippen molar-refractivity contribution in [2.45, 2.75) is 18.8 Å². The molecule has 0 amide bonds. The van der Waals surface area contributed by atoms with Crippen LogP contribution in [0.4, 0.5) is 32.0 Å². The van der Waals surface area contributed by atoms with Gasteiger partial charge in [0.05, 0.1) is 16.8 Å². The first-order valence-electron chi connectivity index (χ1n) is 6.92. The minimum atomic E-state index is -4.96. The molecule has 0 aliphatic carbocycles. The molecular weight excluding hydrogens is 362 g/mol. The number of rotatable bonds is 4. The van der Waals surface area contributed by atoms with Crippen LogP contribution in [0.1, 0.15) is 17.5 Å². The van der Waals surface area contributed by atoms with Crippen LogP contribution in [0.3, 0.4) is 0 Å². The van der Waals surface area contributed by atoms with E-state index in [0.29, 0.717) is 12.1 Å². The van der Waals surface area contributed by atoms with Gasteiger partial charge in [0.25, 0.3) is 0 Å². The van der Waals surface area contributed by atoms with Crippen LogP contribution >= 0.6 is 0 Å². The molecule has 0 aliphatic heterocycles. The van der Waals surface area contributed by atoms with E-state index in [9.17, 15) is 26.3 Å². The molecule has 138 valence electrons. The van der Waals surface area contributed by atoms with Crippen LogP contribution < -0.4 is 0 Å². The normalized spacial score (nSPS) is 11.8. The molecule has 26 heavy (non-hydrogen) atoms. The van der Waals surface area contributed by atoms with Crippen molar-refractivity contribution < 1.29 is 26.3 Å². The molecule has 1 aromatic rings. The number of hydrogen-bond acceptors (Lipinski definition) is 4. The van der Waals surface area contributed by atoms with Crippen molar-refractivity contribution >= 4 is 11.9 Å². The van der Waals surface area contributed by atoms with Crippen LogP contribution in [-0.2, 0) is 12.4 Å². The fraction of sp³-hybridized carbons (Fsp3) is 0.312. The van der Waals surface area contributed by atoms with E-state index in [4.69, 9.17) is 10.5 Å². The van der Waals surface area contributed by atoms with Gasteiger partial charge in [-0.05, 0) is 18.2 Å². The lowest BCUT2D eigenvalue weighted by Gasteiger charge is -2.15. The maximum atomic E-state index is 12.8. The second-order valence-electron chi connectivity index (χ2n) is 5.22. The lowest BCUT2D eigenvalue weighted by molar-refractivity contribution is -0.143. The van der Waals surface area contributed by atoms with E-state index in [1.165, 1.54) is 19.0 Å². The molecule has 0 heterocycles. The van der Waals surface area contributed by atoms with Crippen LogP contribution in [0.25, 0.3) is 0 Å². The molecule has 0 saturated heterocycles. The van der Waals surface area contributed by atoms with Gasteiger partial charge in [-0.1, -0.05) is 0 Å². The Labute approximate surface area is 145 Å². The summed E-state index contributed by atoms with van der Waals surface area (Å²) in [6, 6.07) is 4.30. The topological polar surface area (TPSA) is 63.2 Å². The Morgan fingerprint density at radius 1 is 1.00 bits per heavy atom. The second kappa shape index (κ2) is 7.91. The van der Waals surface area contributed by atoms with Gasteiger partial charge in [0.15, 0.2) is 0 Å². The summed E-state index contributed by atoms with van der Waals surface area (Å²) in [5.74, 6) is 0. The molecule has 0 bridgehead atoms. The third-order valence-electron chi connectivity index (χ3n) is 3.15. The average molecular weight is 374 g/mol. The van der Waals surface area contributed by atoms with Crippen molar-refractivity contribution in [2.75, 3.05) is 14.1 Å². The Morgan fingerprint density at radius 2 is 1.46 bits per heavy atom. The summed E-state index contributed by atoms with van der Waals surface area (Å²) in [5.41, 5.74) is -3.50. The van der Waals surface area contributed by atoms with Crippen LogP contribution in [-0.4, -0.2) is 25.2 Å². The van der Waals surface area contributed by atoms with Crippen molar-refractivity contribution in [2.24, 2.45) is 4.99 Å². The van der Waals surface area contributed by atoms with Crippen LogP contribution in [0.15, 0.2) is 34.5 Å². The third kappa shape index (κ3) is 5.52. The number of benzene rings is 1. The maximum Gasteiger partial charge on any atom is 0.416 e. The first-order chi connectivity index (χ1) is 11.9. The zero-order valence-electron chi connectivity index (χ0n) is 13.6. The largest absolute Gasteiger partial charge is 0.416 e. The smallest absolute Gasteiger partial charge is 0.379 e. The van der Waals surface area contributed by atoms with E-state index in [2.05, 4.69) is 4.99 Å². The standard InChI is InChI=1S/C16H12F6N4/c1-26(2)14(10(8-23)9-24)3-4-25-13-6-11(15(17,18)19)5-12(7-13)16(20,21)22/h4-7H,3H2,1-2H3. The van der Waals surface area contributed by atoms with E-state index >= 15 is 0 Å². The molecule has 0 unspecified atom stereocenters. The molecule has 0 fully saturated rings. The molecule has 0 saturated carbocycles. The average Bonchev–Trinajstić information content (AvgIpc) is 2.52. The second-order valence-corrected chi connectivity index (χ2v) is 5.22. The van der Waals surface area contributed by atoms with E-state index < -0.39 is 29.2 Å². The first kappa shape index (κ1) is 21.0. The SMILES string of the molecule is CN(C)C(CC=Nc1cc(C(F)(F)F)cc(C(F)(F)F)c1)=C(C#N)C#N. The van der Waals surface area contributed by atoms with Gasteiger partial charge in [0.2, 0.25) is 0 Å². The van der Waals surface area contributed by atoms with Crippen molar-refractivity contribution in [3.8, 4) is 12.1 Å². The van der Waals surface area contributed by atoms with Gasteiger partial charge >= 0.3 is 12.4 Å². The van der Waals surface area contributed by atoms with Gasteiger partial charge in [-0.25, -0.2) is 0 Å². The lowest BCUT2D eigenvalue weighted by atomic mass is 10.1. The highest BCUT2D eigenvalue weighted by atomic mass is 19.4. The predicted molar refractivity (Wildman–Crippen MR) is 81.2 cm³/mol. The van der Waals surface area contributed by atoms with Crippen molar-refractivity contribution in [1.82, 2.24) is 4.90 Å². The molecule has 0 aromatic heterocycles. The highest BCUT2D eigenvalue weighted by molar-refractivity contribution is 5.67. The summed E-state index contributed by atoms with van der Waals surface area (Å²) in [5, 5.41) is 17.7. The summed E-state index contributed by atoms with van der Waals surface area (Å²) in [6.07, 6.45) is -9.01. The fourth-order valence-electron chi connectivity index (χ4n) is 1.91. The summed E-state index contributed by atoms with van der Waals surface area (Å²) in [6.45, 7) is 0. The quantitative estimate of drug-likeness (QED) is 0.437. The van der Waals surface area contributed by atoms with Crippen LogP contribution in [0, 0.1) is 22.7 Å². The molecule has 0 aliphatic rings. The first-order valence-corrected chi connectivity index (χ1v) is 6.92. The van der Waals surface area contributed by atoms with Gasteiger partial charge in [-0.2, -0.15) is 36.9 Å². The van der Waals surface area contributed by atoms with E-state index in [-0.39, 0.29) is 23.8 Å². The van der Waals surface area contributed by atoms with E-state index in [1.807, 2.05) is 0 Å². The van der Waals surface area contributed by atoms with Gasteiger partial charge in [0.1, 0.15) is 17.7 Å². The van der Waals surface area contributed by atoms with Crippen LogP contribution in [0.5, 0.6) is 0 Å². The molecule has 0 N–H and O–H groups in total. The number of nitriles is 2. The number of alkyl halides is 6. The molecule has 4 nitrogen and oxygen atoms in total. The Morgan fingerprint density at radius 3 is 1.81 bits per heavy atom. The lowest BCUT2D eigenvalue weighted by Crippen LogP contribution is -2.13. The highest BCUT2D eigenvalue weighted by Crippen LogP contribution is 2.38. The molecule has 1 rings (SSSR count). The number of hydrogen-bond donors (Lipinski definition) is 0. The summed E-state index contributed by atoms with van der Waals surface area (Å²) in [7, 11) is 3.06. The summed E-state index contributed by atoms with van der Waals surface area (Å²) >= 11 is 0. The van der Waals surface area contributed by atoms with Gasteiger partial charge in [-0.3, -0.25) is 4.99 Å². The monoisotopic (exact) mass is 374 g/mol. The Balaban J connectivity index is 3.28. The molecule has 1 aromatic carbocycles. The van der Waals surface area contributed by atoms with Crippen molar-refractivity contribution in [3.05, 3.63) is 40.6 Å². The Bertz CT molecular complexity index is 756. The molecule has 10 heteroatoms. The van der Waals surface area contributed by atoms with Crippen LogP contribution in [0.2, 0.25) is 0 Å².